The van der Waals surface area contributed by atoms with E-state index in [1.807, 2.05) is 24.3 Å². The third-order valence-electron chi connectivity index (χ3n) is 3.50. The second kappa shape index (κ2) is 6.03. The van der Waals surface area contributed by atoms with Crippen LogP contribution in [0.1, 0.15) is 5.89 Å². The Morgan fingerprint density at radius 1 is 1.19 bits per heavy atom. The molecule has 0 spiro atoms. The van der Waals surface area contributed by atoms with E-state index in [0.717, 1.165) is 16.3 Å². The summed E-state index contributed by atoms with van der Waals surface area (Å²) in [5, 5.41) is 6.33. The lowest BCUT2D eigenvalue weighted by molar-refractivity contribution is 0.102. The van der Waals surface area contributed by atoms with Crippen molar-refractivity contribution < 1.29 is 9.26 Å². The lowest BCUT2D eigenvalue weighted by atomic mass is 10.0. The van der Waals surface area contributed by atoms with Gasteiger partial charge in [0.15, 0.2) is 0 Å². The van der Waals surface area contributed by atoms with Crippen LogP contribution in [0.4, 0.5) is 0 Å². The van der Waals surface area contributed by atoms with Crippen LogP contribution in [0, 0.1) is 0 Å². The number of hydrogen-bond acceptors (Lipinski definition) is 5. The summed E-state index contributed by atoms with van der Waals surface area (Å²) < 4.78 is 10.5. The highest BCUT2D eigenvalue weighted by molar-refractivity contribution is 5.94. The van der Waals surface area contributed by atoms with Gasteiger partial charge >= 0.3 is 0 Å². The molecule has 0 bridgehead atoms. The SMILES string of the molecule is COC(CN)Cc1nc(-c2cccc3ccccc23)no1. The van der Waals surface area contributed by atoms with Gasteiger partial charge in [-0.05, 0) is 10.8 Å². The largest absolute Gasteiger partial charge is 0.380 e. The molecule has 3 aromatic rings. The predicted octanol–water partition coefficient (Wildman–Crippen LogP) is 2.41. The van der Waals surface area contributed by atoms with Crippen LogP contribution in [0.2, 0.25) is 0 Å². The Bertz CT molecular complexity index is 730. The average Bonchev–Trinajstić information content (AvgIpc) is 3.00. The summed E-state index contributed by atoms with van der Waals surface area (Å²) in [6.07, 6.45) is 0.413. The summed E-state index contributed by atoms with van der Waals surface area (Å²) in [7, 11) is 1.62. The first-order valence-electron chi connectivity index (χ1n) is 6.85. The molecular formula is C16H17N3O2. The van der Waals surface area contributed by atoms with Crippen LogP contribution in [0.25, 0.3) is 22.2 Å². The molecule has 0 radical (unpaired) electrons. The van der Waals surface area contributed by atoms with Crippen molar-refractivity contribution in [3.05, 3.63) is 48.4 Å². The molecule has 0 amide bonds. The third kappa shape index (κ3) is 2.79. The molecule has 0 aliphatic carbocycles. The Balaban J connectivity index is 1.95. The summed E-state index contributed by atoms with van der Waals surface area (Å²) in [5.74, 6) is 1.13. The van der Waals surface area contributed by atoms with E-state index in [2.05, 4.69) is 28.3 Å². The smallest absolute Gasteiger partial charge is 0.229 e. The van der Waals surface area contributed by atoms with Crippen LogP contribution in [0.5, 0.6) is 0 Å². The predicted molar refractivity (Wildman–Crippen MR) is 80.8 cm³/mol. The maximum atomic E-state index is 5.61. The number of aromatic nitrogens is 2. The number of fused-ring (bicyclic) bond motifs is 1. The molecule has 1 unspecified atom stereocenters. The first kappa shape index (κ1) is 13.7. The molecule has 0 aliphatic heterocycles. The van der Waals surface area contributed by atoms with Crippen LogP contribution in [0.15, 0.2) is 47.0 Å². The first-order valence-corrected chi connectivity index (χ1v) is 6.85. The minimum atomic E-state index is -0.106. The fourth-order valence-electron chi connectivity index (χ4n) is 2.33. The molecule has 1 heterocycles. The minimum Gasteiger partial charge on any atom is -0.380 e. The lowest BCUT2D eigenvalue weighted by Gasteiger charge is -2.08. The average molecular weight is 283 g/mol. The normalized spacial score (nSPS) is 12.7. The van der Waals surface area contributed by atoms with Gasteiger partial charge in [0, 0.05) is 19.2 Å². The maximum absolute atomic E-state index is 5.61. The molecule has 0 fully saturated rings. The van der Waals surface area contributed by atoms with Gasteiger partial charge in [-0.2, -0.15) is 4.98 Å². The molecule has 5 nitrogen and oxygen atoms in total. The number of ether oxygens (including phenoxy) is 1. The molecule has 0 saturated carbocycles. The molecule has 1 aromatic heterocycles. The van der Waals surface area contributed by atoms with Crippen molar-refractivity contribution in [3.63, 3.8) is 0 Å². The van der Waals surface area contributed by atoms with Gasteiger partial charge in [0.05, 0.1) is 12.5 Å². The van der Waals surface area contributed by atoms with E-state index < -0.39 is 0 Å². The quantitative estimate of drug-likeness (QED) is 0.778. The Kier molecular flexibility index (Phi) is 3.94. The standard InChI is InChI=1S/C16H17N3O2/c1-20-12(10-17)9-15-18-16(19-21-15)14-8-4-6-11-5-2-3-7-13(11)14/h2-8,12H,9-10,17H2,1H3. The van der Waals surface area contributed by atoms with Crippen molar-refractivity contribution in [2.24, 2.45) is 5.73 Å². The second-order valence-corrected chi connectivity index (χ2v) is 4.84. The number of methoxy groups -OCH3 is 1. The van der Waals surface area contributed by atoms with Gasteiger partial charge in [0.2, 0.25) is 11.7 Å². The molecule has 1 atom stereocenters. The van der Waals surface area contributed by atoms with Crippen LogP contribution in [-0.2, 0) is 11.2 Å². The Hall–Kier alpha value is -2.24. The highest BCUT2D eigenvalue weighted by Crippen LogP contribution is 2.26. The molecule has 3 rings (SSSR count). The zero-order valence-corrected chi connectivity index (χ0v) is 11.8. The van der Waals surface area contributed by atoms with Crippen molar-refractivity contribution in [2.75, 3.05) is 13.7 Å². The van der Waals surface area contributed by atoms with E-state index in [1.54, 1.807) is 7.11 Å². The van der Waals surface area contributed by atoms with E-state index in [1.165, 1.54) is 0 Å². The topological polar surface area (TPSA) is 74.2 Å². The monoisotopic (exact) mass is 283 g/mol. The number of nitrogens with two attached hydrogens (primary N) is 1. The highest BCUT2D eigenvalue weighted by atomic mass is 16.5. The molecule has 5 heteroatoms. The van der Waals surface area contributed by atoms with E-state index in [9.17, 15) is 0 Å². The highest BCUT2D eigenvalue weighted by Gasteiger charge is 2.15. The van der Waals surface area contributed by atoms with Gasteiger partial charge in [-0.25, -0.2) is 0 Å². The molecular weight excluding hydrogens is 266 g/mol. The van der Waals surface area contributed by atoms with Gasteiger partial charge in [-0.1, -0.05) is 47.6 Å². The number of rotatable bonds is 5. The van der Waals surface area contributed by atoms with Crippen molar-refractivity contribution in [1.82, 2.24) is 10.1 Å². The zero-order valence-electron chi connectivity index (χ0n) is 11.8. The van der Waals surface area contributed by atoms with E-state index >= 15 is 0 Å². The molecule has 0 saturated heterocycles. The maximum Gasteiger partial charge on any atom is 0.229 e. The molecule has 108 valence electrons. The molecule has 21 heavy (non-hydrogen) atoms. The van der Waals surface area contributed by atoms with Crippen molar-refractivity contribution >= 4 is 10.8 Å². The fourth-order valence-corrected chi connectivity index (χ4v) is 2.33. The fraction of sp³-hybridized carbons (Fsp3) is 0.250. The second-order valence-electron chi connectivity index (χ2n) is 4.84. The van der Waals surface area contributed by atoms with Crippen molar-refractivity contribution in [3.8, 4) is 11.4 Å². The Morgan fingerprint density at radius 3 is 2.81 bits per heavy atom. The number of nitrogens with zero attached hydrogens (tertiary/aromatic N) is 2. The van der Waals surface area contributed by atoms with Gasteiger partial charge in [0.25, 0.3) is 0 Å². The lowest BCUT2D eigenvalue weighted by Crippen LogP contribution is -2.24. The van der Waals surface area contributed by atoms with Crippen molar-refractivity contribution in [1.29, 1.82) is 0 Å². The zero-order chi connectivity index (χ0) is 14.7. The van der Waals surface area contributed by atoms with E-state index in [-0.39, 0.29) is 6.10 Å². The van der Waals surface area contributed by atoms with E-state index in [0.29, 0.717) is 24.7 Å². The number of benzene rings is 2. The Morgan fingerprint density at radius 2 is 2.00 bits per heavy atom. The van der Waals surface area contributed by atoms with Gasteiger partial charge in [-0.3, -0.25) is 0 Å². The van der Waals surface area contributed by atoms with Crippen LogP contribution < -0.4 is 5.73 Å². The summed E-state index contributed by atoms with van der Waals surface area (Å²) in [4.78, 5) is 4.45. The van der Waals surface area contributed by atoms with Gasteiger partial charge in [-0.15, -0.1) is 0 Å². The first-order chi connectivity index (χ1) is 10.3. The summed E-state index contributed by atoms with van der Waals surface area (Å²) in [6, 6.07) is 14.2. The summed E-state index contributed by atoms with van der Waals surface area (Å²) >= 11 is 0. The van der Waals surface area contributed by atoms with Gasteiger partial charge in [0.1, 0.15) is 0 Å². The van der Waals surface area contributed by atoms with Crippen LogP contribution in [0.3, 0.4) is 0 Å². The Labute approximate surface area is 122 Å². The minimum absolute atomic E-state index is 0.106. The van der Waals surface area contributed by atoms with Crippen LogP contribution >= 0.6 is 0 Å². The third-order valence-corrected chi connectivity index (χ3v) is 3.50. The summed E-state index contributed by atoms with van der Waals surface area (Å²) in [6.45, 7) is 0.419. The van der Waals surface area contributed by atoms with Crippen molar-refractivity contribution in [2.45, 2.75) is 12.5 Å². The summed E-state index contributed by atoms with van der Waals surface area (Å²) in [5.41, 5.74) is 6.57. The molecule has 2 aromatic carbocycles. The molecule has 2 N–H and O–H groups in total. The van der Waals surface area contributed by atoms with Crippen LogP contribution in [-0.4, -0.2) is 29.9 Å². The van der Waals surface area contributed by atoms with Gasteiger partial charge < -0.3 is 15.0 Å². The number of hydrogen-bond donors (Lipinski definition) is 1. The molecule has 0 aliphatic rings. The van der Waals surface area contributed by atoms with E-state index in [4.69, 9.17) is 15.0 Å².